The minimum atomic E-state index is 0.980. The highest BCUT2D eigenvalue weighted by molar-refractivity contribution is 7.07. The smallest absolute Gasteiger partial charge is 0.0795 e. The standard InChI is InChI=1S/C14H22N2S/c1-2-4-12(5-3-1)13-6-7-16(8-13)9-14-10-17-11-15-14/h10-13H,1-9H2. The van der Waals surface area contributed by atoms with Gasteiger partial charge in [0.05, 0.1) is 11.2 Å². The number of rotatable bonds is 3. The van der Waals surface area contributed by atoms with E-state index in [0.717, 1.165) is 18.4 Å². The molecule has 3 heteroatoms. The van der Waals surface area contributed by atoms with Gasteiger partial charge in [0, 0.05) is 18.5 Å². The monoisotopic (exact) mass is 250 g/mol. The summed E-state index contributed by atoms with van der Waals surface area (Å²) in [7, 11) is 0. The Labute approximate surface area is 108 Å². The Morgan fingerprint density at radius 3 is 2.82 bits per heavy atom. The van der Waals surface area contributed by atoms with Gasteiger partial charge in [0.2, 0.25) is 0 Å². The SMILES string of the molecule is c1nc(CN2CCC(C3CCCCC3)C2)cs1. The van der Waals surface area contributed by atoms with E-state index in [0.29, 0.717) is 0 Å². The summed E-state index contributed by atoms with van der Waals surface area (Å²) in [5.74, 6) is 2.01. The van der Waals surface area contributed by atoms with Crippen LogP contribution >= 0.6 is 11.3 Å². The van der Waals surface area contributed by atoms with Crippen LogP contribution in [0.15, 0.2) is 10.9 Å². The zero-order valence-corrected chi connectivity index (χ0v) is 11.3. The average molecular weight is 250 g/mol. The predicted molar refractivity (Wildman–Crippen MR) is 72.1 cm³/mol. The first-order valence-electron chi connectivity index (χ1n) is 7.01. The Hall–Kier alpha value is -0.410. The fourth-order valence-corrected chi connectivity index (χ4v) is 4.09. The van der Waals surface area contributed by atoms with Crippen molar-refractivity contribution in [3.05, 3.63) is 16.6 Å². The van der Waals surface area contributed by atoms with Crippen LogP contribution in [0.1, 0.15) is 44.2 Å². The molecule has 2 fully saturated rings. The van der Waals surface area contributed by atoms with E-state index in [-0.39, 0.29) is 0 Å². The van der Waals surface area contributed by atoms with Crippen LogP contribution < -0.4 is 0 Å². The summed E-state index contributed by atoms with van der Waals surface area (Å²) in [4.78, 5) is 7.00. The largest absolute Gasteiger partial charge is 0.297 e. The van der Waals surface area contributed by atoms with Gasteiger partial charge in [-0.05, 0) is 24.8 Å². The van der Waals surface area contributed by atoms with Crippen LogP contribution in [0.2, 0.25) is 0 Å². The summed E-state index contributed by atoms with van der Waals surface area (Å²) in [6, 6.07) is 0. The molecule has 0 N–H and O–H groups in total. The molecule has 1 saturated heterocycles. The van der Waals surface area contributed by atoms with Crippen molar-refractivity contribution in [2.75, 3.05) is 13.1 Å². The summed E-state index contributed by atoms with van der Waals surface area (Å²) in [5.41, 5.74) is 3.21. The number of nitrogens with zero attached hydrogens (tertiary/aromatic N) is 2. The third-order valence-corrected chi connectivity index (χ3v) is 5.13. The predicted octanol–water partition coefficient (Wildman–Crippen LogP) is 3.55. The molecular weight excluding hydrogens is 228 g/mol. The molecule has 0 bridgehead atoms. The Bertz CT molecular complexity index is 330. The van der Waals surface area contributed by atoms with Gasteiger partial charge in [-0.2, -0.15) is 0 Å². The second kappa shape index (κ2) is 5.49. The fraction of sp³-hybridized carbons (Fsp3) is 0.786. The highest BCUT2D eigenvalue weighted by atomic mass is 32.1. The van der Waals surface area contributed by atoms with Gasteiger partial charge >= 0.3 is 0 Å². The molecule has 1 aromatic heterocycles. The lowest BCUT2D eigenvalue weighted by Gasteiger charge is -2.27. The molecule has 2 heterocycles. The van der Waals surface area contributed by atoms with Gasteiger partial charge in [0.15, 0.2) is 0 Å². The van der Waals surface area contributed by atoms with E-state index in [1.807, 2.05) is 5.51 Å². The van der Waals surface area contributed by atoms with Crippen molar-refractivity contribution in [2.45, 2.75) is 45.1 Å². The number of hydrogen-bond donors (Lipinski definition) is 0. The van der Waals surface area contributed by atoms with E-state index >= 15 is 0 Å². The van der Waals surface area contributed by atoms with Crippen molar-refractivity contribution in [1.29, 1.82) is 0 Å². The fourth-order valence-electron chi connectivity index (χ4n) is 3.54. The molecule has 1 unspecified atom stereocenters. The van der Waals surface area contributed by atoms with Gasteiger partial charge < -0.3 is 0 Å². The summed E-state index contributed by atoms with van der Waals surface area (Å²) >= 11 is 1.71. The average Bonchev–Trinajstić information content (AvgIpc) is 3.02. The molecule has 2 nitrogen and oxygen atoms in total. The molecule has 0 aromatic carbocycles. The van der Waals surface area contributed by atoms with Crippen LogP contribution in [0.25, 0.3) is 0 Å². The summed E-state index contributed by atoms with van der Waals surface area (Å²) in [6.07, 6.45) is 8.85. The normalized spacial score (nSPS) is 27.6. The topological polar surface area (TPSA) is 16.1 Å². The maximum Gasteiger partial charge on any atom is 0.0795 e. The lowest BCUT2D eigenvalue weighted by atomic mass is 9.80. The van der Waals surface area contributed by atoms with Crippen LogP contribution in [-0.2, 0) is 6.54 Å². The summed E-state index contributed by atoms with van der Waals surface area (Å²) in [5, 5.41) is 2.19. The van der Waals surface area contributed by atoms with Crippen molar-refractivity contribution in [1.82, 2.24) is 9.88 Å². The first-order valence-corrected chi connectivity index (χ1v) is 7.95. The van der Waals surface area contributed by atoms with E-state index in [4.69, 9.17) is 0 Å². The molecule has 1 aliphatic heterocycles. The quantitative estimate of drug-likeness (QED) is 0.815. The minimum absolute atomic E-state index is 0.980. The molecule has 1 aliphatic carbocycles. The van der Waals surface area contributed by atoms with Crippen molar-refractivity contribution in [2.24, 2.45) is 11.8 Å². The van der Waals surface area contributed by atoms with Crippen molar-refractivity contribution >= 4 is 11.3 Å². The molecular formula is C14H22N2S. The molecule has 2 aliphatic rings. The van der Waals surface area contributed by atoms with Gasteiger partial charge in [-0.1, -0.05) is 32.1 Å². The number of aromatic nitrogens is 1. The van der Waals surface area contributed by atoms with Crippen molar-refractivity contribution < 1.29 is 0 Å². The van der Waals surface area contributed by atoms with Gasteiger partial charge in [-0.15, -0.1) is 11.3 Å². The third-order valence-electron chi connectivity index (χ3n) is 4.49. The van der Waals surface area contributed by atoms with Crippen LogP contribution in [0.4, 0.5) is 0 Å². The minimum Gasteiger partial charge on any atom is -0.297 e. The Balaban J connectivity index is 1.51. The maximum atomic E-state index is 4.39. The first kappa shape index (κ1) is 11.7. The van der Waals surface area contributed by atoms with Crippen LogP contribution in [0.3, 0.4) is 0 Å². The van der Waals surface area contributed by atoms with Gasteiger partial charge in [0.25, 0.3) is 0 Å². The lowest BCUT2D eigenvalue weighted by molar-refractivity contribution is 0.234. The van der Waals surface area contributed by atoms with Crippen LogP contribution in [0.5, 0.6) is 0 Å². The van der Waals surface area contributed by atoms with Crippen LogP contribution in [-0.4, -0.2) is 23.0 Å². The Kier molecular flexibility index (Phi) is 3.77. The lowest BCUT2D eigenvalue weighted by Crippen LogP contribution is -2.24. The van der Waals surface area contributed by atoms with Gasteiger partial charge in [0.1, 0.15) is 0 Å². The third kappa shape index (κ3) is 2.89. The van der Waals surface area contributed by atoms with Crippen LogP contribution in [0, 0.1) is 11.8 Å². The molecule has 0 radical (unpaired) electrons. The molecule has 3 rings (SSSR count). The molecule has 1 aromatic rings. The zero-order valence-electron chi connectivity index (χ0n) is 10.5. The number of hydrogen-bond acceptors (Lipinski definition) is 3. The van der Waals surface area contributed by atoms with Gasteiger partial charge in [-0.25, -0.2) is 4.98 Å². The summed E-state index contributed by atoms with van der Waals surface area (Å²) in [6.45, 7) is 3.69. The second-order valence-electron chi connectivity index (χ2n) is 5.66. The molecule has 94 valence electrons. The van der Waals surface area contributed by atoms with E-state index in [1.54, 1.807) is 11.3 Å². The van der Waals surface area contributed by atoms with E-state index in [2.05, 4.69) is 15.3 Å². The molecule has 1 saturated carbocycles. The second-order valence-corrected chi connectivity index (χ2v) is 6.38. The van der Waals surface area contributed by atoms with Crippen molar-refractivity contribution in [3.63, 3.8) is 0 Å². The number of likely N-dealkylation sites (tertiary alicyclic amines) is 1. The highest BCUT2D eigenvalue weighted by Crippen LogP contribution is 2.35. The Morgan fingerprint density at radius 1 is 1.18 bits per heavy atom. The van der Waals surface area contributed by atoms with Gasteiger partial charge in [-0.3, -0.25) is 4.90 Å². The maximum absolute atomic E-state index is 4.39. The number of thiazole rings is 1. The van der Waals surface area contributed by atoms with Crippen molar-refractivity contribution in [3.8, 4) is 0 Å². The zero-order chi connectivity index (χ0) is 11.5. The van der Waals surface area contributed by atoms with E-state index in [9.17, 15) is 0 Å². The molecule has 17 heavy (non-hydrogen) atoms. The highest BCUT2D eigenvalue weighted by Gasteiger charge is 2.30. The summed E-state index contributed by atoms with van der Waals surface area (Å²) < 4.78 is 0. The van der Waals surface area contributed by atoms with E-state index < -0.39 is 0 Å². The van der Waals surface area contributed by atoms with E-state index in [1.165, 1.54) is 57.3 Å². The molecule has 0 amide bonds. The molecule has 0 spiro atoms. The molecule has 1 atom stereocenters. The first-order chi connectivity index (χ1) is 8.42. The Morgan fingerprint density at radius 2 is 2.06 bits per heavy atom.